The first kappa shape index (κ1) is 14.6. The molecule has 6 nitrogen and oxygen atoms in total. The van der Waals surface area contributed by atoms with Crippen LogP contribution in [0.3, 0.4) is 0 Å². The second kappa shape index (κ2) is 5.84. The van der Waals surface area contributed by atoms with Crippen molar-refractivity contribution in [1.82, 2.24) is 0 Å². The van der Waals surface area contributed by atoms with Crippen LogP contribution in [0, 0.1) is 0 Å². The van der Waals surface area contributed by atoms with Gasteiger partial charge in [-0.1, -0.05) is 36.4 Å². The highest BCUT2D eigenvalue weighted by Crippen LogP contribution is 2.35. The molecule has 0 unspecified atom stereocenters. The number of hydrogen-bond donors (Lipinski definition) is 2. The Labute approximate surface area is 131 Å². The van der Waals surface area contributed by atoms with Crippen molar-refractivity contribution in [1.29, 1.82) is 0 Å². The molecule has 0 atom stereocenters. The molecule has 3 N–H and O–H groups in total. The van der Waals surface area contributed by atoms with E-state index >= 15 is 0 Å². The Morgan fingerprint density at radius 2 is 1.83 bits per heavy atom. The van der Waals surface area contributed by atoms with Gasteiger partial charge in [-0.15, -0.1) is 0 Å². The third kappa shape index (κ3) is 2.74. The van der Waals surface area contributed by atoms with Crippen molar-refractivity contribution in [2.75, 3.05) is 12.3 Å². The van der Waals surface area contributed by atoms with E-state index in [1.807, 2.05) is 0 Å². The number of ketones is 1. The van der Waals surface area contributed by atoms with E-state index in [0.29, 0.717) is 10.9 Å². The molecule has 116 valence electrons. The molecule has 1 heterocycles. The van der Waals surface area contributed by atoms with Gasteiger partial charge in [-0.2, -0.15) is 0 Å². The van der Waals surface area contributed by atoms with E-state index in [1.165, 1.54) is 0 Å². The van der Waals surface area contributed by atoms with Gasteiger partial charge in [0.15, 0.2) is 23.7 Å². The van der Waals surface area contributed by atoms with Crippen molar-refractivity contribution < 1.29 is 23.8 Å². The minimum atomic E-state index is -1.11. The van der Waals surface area contributed by atoms with Gasteiger partial charge in [0.05, 0.1) is 5.69 Å². The average Bonchev–Trinajstić information content (AvgIpc) is 2.91. The van der Waals surface area contributed by atoms with E-state index in [2.05, 4.69) is 0 Å². The maximum absolute atomic E-state index is 12.5. The highest BCUT2D eigenvalue weighted by molar-refractivity contribution is 6.14. The zero-order valence-corrected chi connectivity index (χ0v) is 12.0. The average molecular weight is 311 g/mol. The zero-order valence-electron chi connectivity index (χ0n) is 12.0. The monoisotopic (exact) mass is 311 g/mol. The molecule has 0 saturated heterocycles. The van der Waals surface area contributed by atoms with E-state index < -0.39 is 12.6 Å². The van der Waals surface area contributed by atoms with Gasteiger partial charge in [-0.05, 0) is 12.1 Å². The molecule has 0 spiro atoms. The molecular formula is C17H13NO5. The van der Waals surface area contributed by atoms with Crippen LogP contribution in [0.25, 0.3) is 11.0 Å². The van der Waals surface area contributed by atoms with Crippen molar-refractivity contribution in [3.05, 3.63) is 59.9 Å². The van der Waals surface area contributed by atoms with Crippen LogP contribution < -0.4 is 10.5 Å². The van der Waals surface area contributed by atoms with Crippen LogP contribution in [-0.4, -0.2) is 23.5 Å². The fraction of sp³-hybridized carbons (Fsp3) is 0.0588. The quantitative estimate of drug-likeness (QED) is 0.702. The molecule has 3 aromatic rings. The summed E-state index contributed by atoms with van der Waals surface area (Å²) in [6.07, 6.45) is 0. The number of nitrogens with two attached hydrogens (primary N) is 1. The van der Waals surface area contributed by atoms with Gasteiger partial charge in [-0.25, -0.2) is 4.79 Å². The first-order valence-electron chi connectivity index (χ1n) is 6.83. The topological polar surface area (TPSA) is 103 Å². The van der Waals surface area contributed by atoms with E-state index in [0.717, 1.165) is 0 Å². The maximum atomic E-state index is 12.5. The molecule has 0 fully saturated rings. The van der Waals surface area contributed by atoms with E-state index in [9.17, 15) is 9.59 Å². The minimum absolute atomic E-state index is 0.0116. The summed E-state index contributed by atoms with van der Waals surface area (Å²) >= 11 is 0. The second-order valence-corrected chi connectivity index (χ2v) is 4.86. The third-order valence-electron chi connectivity index (χ3n) is 3.31. The van der Waals surface area contributed by atoms with E-state index in [1.54, 1.807) is 48.5 Å². The number of rotatable bonds is 5. The molecule has 2 aromatic carbocycles. The van der Waals surface area contributed by atoms with Crippen molar-refractivity contribution in [3.8, 4) is 5.75 Å². The predicted octanol–water partition coefficient (Wildman–Crippen LogP) is 2.71. The fourth-order valence-corrected chi connectivity index (χ4v) is 2.25. The molecule has 0 bridgehead atoms. The first-order chi connectivity index (χ1) is 11.1. The minimum Gasteiger partial charge on any atom is -0.479 e. The Kier molecular flexibility index (Phi) is 3.72. The summed E-state index contributed by atoms with van der Waals surface area (Å²) in [5.41, 5.74) is 6.92. The van der Waals surface area contributed by atoms with Crippen LogP contribution in [0.1, 0.15) is 16.1 Å². The van der Waals surface area contributed by atoms with Gasteiger partial charge in [0.1, 0.15) is 0 Å². The Morgan fingerprint density at radius 3 is 2.52 bits per heavy atom. The standard InChI is InChI=1S/C17H13NO5/c18-14-11-7-4-8-12(22-9-13(19)20)16(11)23-17(14)15(21)10-5-2-1-3-6-10/h1-8H,9,18H2,(H,19,20). The highest BCUT2D eigenvalue weighted by Gasteiger charge is 2.22. The van der Waals surface area contributed by atoms with Gasteiger partial charge in [0, 0.05) is 10.9 Å². The molecule has 3 rings (SSSR count). The Morgan fingerprint density at radius 1 is 1.09 bits per heavy atom. The zero-order chi connectivity index (χ0) is 16.4. The molecule has 0 saturated carbocycles. The van der Waals surface area contributed by atoms with Crippen LogP contribution in [0.2, 0.25) is 0 Å². The second-order valence-electron chi connectivity index (χ2n) is 4.86. The van der Waals surface area contributed by atoms with Gasteiger partial charge >= 0.3 is 5.97 Å². The number of carboxylic acid groups (broad SMARTS) is 1. The smallest absolute Gasteiger partial charge is 0.341 e. The Bertz CT molecular complexity index is 883. The lowest BCUT2D eigenvalue weighted by Gasteiger charge is -2.02. The van der Waals surface area contributed by atoms with Gasteiger partial charge in [0.25, 0.3) is 0 Å². The number of carbonyl (C=O) groups excluding carboxylic acids is 1. The lowest BCUT2D eigenvalue weighted by molar-refractivity contribution is -0.139. The SMILES string of the molecule is Nc1c(C(=O)c2ccccc2)oc2c(OCC(=O)O)cccc12. The van der Waals surface area contributed by atoms with Gasteiger partial charge < -0.3 is 20.0 Å². The summed E-state index contributed by atoms with van der Waals surface area (Å²) < 4.78 is 10.8. The van der Waals surface area contributed by atoms with Crippen LogP contribution in [0.4, 0.5) is 5.69 Å². The summed E-state index contributed by atoms with van der Waals surface area (Å²) in [7, 11) is 0. The summed E-state index contributed by atoms with van der Waals surface area (Å²) in [5, 5.41) is 9.22. The lowest BCUT2D eigenvalue weighted by Crippen LogP contribution is -2.09. The number of carboxylic acids is 1. The number of furan rings is 1. The number of fused-ring (bicyclic) bond motifs is 1. The maximum Gasteiger partial charge on any atom is 0.341 e. The number of hydrogen-bond acceptors (Lipinski definition) is 5. The molecule has 6 heteroatoms. The summed E-state index contributed by atoms with van der Waals surface area (Å²) in [5.74, 6) is -1.22. The number of benzene rings is 2. The predicted molar refractivity (Wildman–Crippen MR) is 83.6 cm³/mol. The van der Waals surface area contributed by atoms with Crippen molar-refractivity contribution in [2.45, 2.75) is 0 Å². The lowest BCUT2D eigenvalue weighted by atomic mass is 10.1. The molecule has 1 aromatic heterocycles. The number of nitrogen functional groups attached to an aromatic ring is 1. The van der Waals surface area contributed by atoms with E-state index in [-0.39, 0.29) is 28.6 Å². The summed E-state index contributed by atoms with van der Waals surface area (Å²) in [4.78, 5) is 23.1. The fourth-order valence-electron chi connectivity index (χ4n) is 2.25. The van der Waals surface area contributed by atoms with Gasteiger partial charge in [-0.3, -0.25) is 4.79 Å². The van der Waals surface area contributed by atoms with Crippen molar-refractivity contribution in [2.24, 2.45) is 0 Å². The number of anilines is 1. The van der Waals surface area contributed by atoms with Crippen LogP contribution in [0.15, 0.2) is 52.9 Å². The van der Waals surface area contributed by atoms with Crippen LogP contribution in [0.5, 0.6) is 5.75 Å². The third-order valence-corrected chi connectivity index (χ3v) is 3.31. The van der Waals surface area contributed by atoms with Crippen molar-refractivity contribution in [3.63, 3.8) is 0 Å². The summed E-state index contributed by atoms with van der Waals surface area (Å²) in [6, 6.07) is 13.5. The Hall–Kier alpha value is -3.28. The number of carbonyl (C=O) groups is 2. The molecule has 23 heavy (non-hydrogen) atoms. The van der Waals surface area contributed by atoms with Crippen LogP contribution >= 0.6 is 0 Å². The number of ether oxygens (including phenoxy) is 1. The van der Waals surface area contributed by atoms with E-state index in [4.69, 9.17) is 20.0 Å². The summed E-state index contributed by atoms with van der Waals surface area (Å²) in [6.45, 7) is -0.512. The molecule has 0 amide bonds. The normalized spacial score (nSPS) is 10.6. The number of para-hydroxylation sites is 1. The highest BCUT2D eigenvalue weighted by atomic mass is 16.5. The molecule has 0 radical (unpaired) electrons. The molecule has 0 aliphatic heterocycles. The molecular weight excluding hydrogens is 298 g/mol. The van der Waals surface area contributed by atoms with Gasteiger partial charge in [0.2, 0.25) is 5.78 Å². The molecule has 0 aliphatic carbocycles. The number of aliphatic carboxylic acids is 1. The molecule has 0 aliphatic rings. The largest absolute Gasteiger partial charge is 0.479 e. The van der Waals surface area contributed by atoms with Crippen molar-refractivity contribution >= 4 is 28.4 Å². The Balaban J connectivity index is 2.06. The first-order valence-corrected chi connectivity index (χ1v) is 6.83. The van der Waals surface area contributed by atoms with Crippen LogP contribution in [-0.2, 0) is 4.79 Å².